The molecule has 1 radical (unpaired) electrons. The van der Waals surface area contributed by atoms with Crippen LogP contribution in [0.2, 0.25) is 0 Å². The predicted octanol–water partition coefficient (Wildman–Crippen LogP) is 3.93. The van der Waals surface area contributed by atoms with Crippen LogP contribution in [0.1, 0.15) is 33.6 Å². The summed E-state index contributed by atoms with van der Waals surface area (Å²) < 4.78 is 0.231. The molecule has 0 spiro atoms. The summed E-state index contributed by atoms with van der Waals surface area (Å²) in [5.74, 6) is 0. The van der Waals surface area contributed by atoms with Crippen molar-refractivity contribution in [1.29, 1.82) is 0 Å². The van der Waals surface area contributed by atoms with Gasteiger partial charge in [-0.3, -0.25) is 0 Å². The van der Waals surface area contributed by atoms with E-state index in [2.05, 4.69) is 59.1 Å². The number of hydrogen-bond donors (Lipinski definition) is 0. The summed E-state index contributed by atoms with van der Waals surface area (Å²) in [4.78, 5) is 0.593. The van der Waals surface area contributed by atoms with Gasteiger partial charge >= 0.3 is 0 Å². The standard InChI is InChI=1S/C8H15Br2/c1-4-8(3,10)6-5-7(2)9/h6-7H,4-5H2,1-3H3. The molecule has 2 unspecified atom stereocenters. The first kappa shape index (κ1) is 11.0. The van der Waals surface area contributed by atoms with Crippen molar-refractivity contribution in [2.75, 3.05) is 0 Å². The van der Waals surface area contributed by atoms with Crippen LogP contribution in [0.15, 0.2) is 0 Å². The Labute approximate surface area is 81.0 Å². The maximum Gasteiger partial charge on any atom is 0.0258 e. The maximum absolute atomic E-state index is 3.63. The van der Waals surface area contributed by atoms with Crippen LogP contribution in [-0.4, -0.2) is 9.15 Å². The summed E-state index contributed by atoms with van der Waals surface area (Å²) in [7, 11) is 0. The van der Waals surface area contributed by atoms with Gasteiger partial charge in [0.05, 0.1) is 0 Å². The first-order valence-corrected chi connectivity index (χ1v) is 5.36. The molecule has 0 nitrogen and oxygen atoms in total. The fourth-order valence-electron chi connectivity index (χ4n) is 0.552. The van der Waals surface area contributed by atoms with E-state index in [0.717, 1.165) is 12.8 Å². The Balaban J connectivity index is 3.46. The lowest BCUT2D eigenvalue weighted by Gasteiger charge is -2.20. The fourth-order valence-corrected chi connectivity index (χ4v) is 0.926. The lowest BCUT2D eigenvalue weighted by atomic mass is 10.0. The highest BCUT2D eigenvalue weighted by atomic mass is 79.9. The average Bonchev–Trinajstić information content (AvgIpc) is 1.85. The van der Waals surface area contributed by atoms with Gasteiger partial charge in [-0.25, -0.2) is 0 Å². The largest absolute Gasteiger partial charge is 0.0894 e. The van der Waals surface area contributed by atoms with Crippen LogP contribution < -0.4 is 0 Å². The minimum Gasteiger partial charge on any atom is -0.0894 e. The second-order valence-electron chi connectivity index (χ2n) is 2.85. The Morgan fingerprint density at radius 1 is 1.60 bits per heavy atom. The lowest BCUT2D eigenvalue weighted by Crippen LogP contribution is -2.15. The van der Waals surface area contributed by atoms with E-state index in [1.54, 1.807) is 0 Å². The third-order valence-corrected chi connectivity index (χ3v) is 2.82. The van der Waals surface area contributed by atoms with Gasteiger partial charge in [-0.05, 0) is 26.2 Å². The summed E-state index contributed by atoms with van der Waals surface area (Å²) >= 11 is 7.14. The van der Waals surface area contributed by atoms with Crippen molar-refractivity contribution in [1.82, 2.24) is 0 Å². The molecule has 0 aromatic rings. The van der Waals surface area contributed by atoms with Crippen LogP contribution in [0.5, 0.6) is 0 Å². The van der Waals surface area contributed by atoms with Gasteiger partial charge in [0.1, 0.15) is 0 Å². The van der Waals surface area contributed by atoms with Gasteiger partial charge in [-0.15, -0.1) is 0 Å². The molecule has 0 N–H and O–H groups in total. The molecule has 0 aliphatic rings. The van der Waals surface area contributed by atoms with E-state index in [9.17, 15) is 0 Å². The first-order valence-electron chi connectivity index (χ1n) is 3.65. The minimum atomic E-state index is 0.231. The summed E-state index contributed by atoms with van der Waals surface area (Å²) in [6.45, 7) is 6.54. The van der Waals surface area contributed by atoms with Crippen molar-refractivity contribution >= 4 is 31.9 Å². The quantitative estimate of drug-likeness (QED) is 0.679. The zero-order valence-electron chi connectivity index (χ0n) is 6.82. The van der Waals surface area contributed by atoms with Crippen molar-refractivity contribution in [2.45, 2.75) is 42.8 Å². The molecule has 0 fully saturated rings. The zero-order valence-corrected chi connectivity index (χ0v) is 10.00. The van der Waals surface area contributed by atoms with Crippen molar-refractivity contribution in [3.63, 3.8) is 0 Å². The molecular weight excluding hydrogens is 256 g/mol. The monoisotopic (exact) mass is 269 g/mol. The van der Waals surface area contributed by atoms with E-state index in [1.165, 1.54) is 0 Å². The van der Waals surface area contributed by atoms with Gasteiger partial charge in [0, 0.05) is 9.15 Å². The van der Waals surface area contributed by atoms with Crippen molar-refractivity contribution in [3.05, 3.63) is 6.42 Å². The molecule has 10 heavy (non-hydrogen) atoms. The van der Waals surface area contributed by atoms with Gasteiger partial charge in [0.25, 0.3) is 0 Å². The highest BCUT2D eigenvalue weighted by Gasteiger charge is 2.17. The second-order valence-corrected chi connectivity index (χ2v) is 6.23. The van der Waals surface area contributed by atoms with Gasteiger partial charge in [-0.2, -0.15) is 0 Å². The van der Waals surface area contributed by atoms with E-state index in [-0.39, 0.29) is 4.32 Å². The number of rotatable bonds is 4. The van der Waals surface area contributed by atoms with E-state index >= 15 is 0 Å². The summed E-state index contributed by atoms with van der Waals surface area (Å²) in [5.41, 5.74) is 0. The Hall–Kier alpha value is 0.960. The van der Waals surface area contributed by atoms with E-state index in [0.29, 0.717) is 4.83 Å². The summed E-state index contributed by atoms with van der Waals surface area (Å²) in [6.07, 6.45) is 4.58. The number of hydrogen-bond acceptors (Lipinski definition) is 0. The Kier molecular flexibility index (Phi) is 5.22. The number of alkyl halides is 2. The lowest BCUT2D eigenvalue weighted by molar-refractivity contribution is 0.678. The van der Waals surface area contributed by atoms with Crippen LogP contribution >= 0.6 is 31.9 Å². The molecule has 0 saturated heterocycles. The third-order valence-electron chi connectivity index (χ3n) is 1.56. The fraction of sp³-hybridized carbons (Fsp3) is 0.875. The Morgan fingerprint density at radius 3 is 2.40 bits per heavy atom. The van der Waals surface area contributed by atoms with E-state index in [4.69, 9.17) is 0 Å². The van der Waals surface area contributed by atoms with Gasteiger partial charge in [0.2, 0.25) is 0 Å². The highest BCUT2D eigenvalue weighted by molar-refractivity contribution is 9.10. The number of halogens is 2. The van der Waals surface area contributed by atoms with Crippen molar-refractivity contribution in [3.8, 4) is 0 Å². The van der Waals surface area contributed by atoms with Crippen LogP contribution in [0.3, 0.4) is 0 Å². The normalized spacial score (nSPS) is 20.1. The molecule has 61 valence electrons. The van der Waals surface area contributed by atoms with Crippen LogP contribution in [0, 0.1) is 6.42 Å². The molecule has 0 aromatic carbocycles. The van der Waals surface area contributed by atoms with Crippen LogP contribution in [0.4, 0.5) is 0 Å². The highest BCUT2D eigenvalue weighted by Crippen LogP contribution is 2.27. The smallest absolute Gasteiger partial charge is 0.0258 e. The molecule has 0 heterocycles. The van der Waals surface area contributed by atoms with Crippen molar-refractivity contribution < 1.29 is 0 Å². The predicted molar refractivity (Wildman–Crippen MR) is 54.9 cm³/mol. The third kappa shape index (κ3) is 5.72. The molecule has 0 aliphatic carbocycles. The molecular formula is C8H15Br2. The molecule has 2 atom stereocenters. The van der Waals surface area contributed by atoms with Gasteiger partial charge < -0.3 is 0 Å². The molecule has 0 aromatic heterocycles. The van der Waals surface area contributed by atoms with Crippen LogP contribution in [0.25, 0.3) is 0 Å². The van der Waals surface area contributed by atoms with Gasteiger partial charge in [-0.1, -0.05) is 45.7 Å². The average molecular weight is 271 g/mol. The van der Waals surface area contributed by atoms with Crippen molar-refractivity contribution in [2.24, 2.45) is 0 Å². The summed E-state index contributed by atoms with van der Waals surface area (Å²) in [6, 6.07) is 0. The zero-order chi connectivity index (χ0) is 8.20. The Bertz CT molecular complexity index is 87.3. The second kappa shape index (κ2) is 4.76. The van der Waals surface area contributed by atoms with Crippen LogP contribution in [-0.2, 0) is 0 Å². The summed E-state index contributed by atoms with van der Waals surface area (Å²) in [5, 5.41) is 0. The molecule has 0 aliphatic heterocycles. The molecule has 0 rings (SSSR count). The molecule has 0 amide bonds. The van der Waals surface area contributed by atoms with E-state index < -0.39 is 0 Å². The van der Waals surface area contributed by atoms with E-state index in [1.807, 2.05) is 0 Å². The minimum absolute atomic E-state index is 0.231. The molecule has 0 saturated carbocycles. The first-order chi connectivity index (χ1) is 4.48. The Morgan fingerprint density at radius 2 is 2.10 bits per heavy atom. The molecule has 2 heteroatoms. The van der Waals surface area contributed by atoms with Gasteiger partial charge in [0.15, 0.2) is 0 Å². The molecule has 0 bridgehead atoms. The topological polar surface area (TPSA) is 0 Å². The maximum atomic E-state index is 3.63. The SMILES string of the molecule is CCC(C)(Br)[CH]CC(C)Br.